The van der Waals surface area contributed by atoms with Gasteiger partial charge in [0.05, 0.1) is 18.4 Å². The van der Waals surface area contributed by atoms with Gasteiger partial charge in [-0.2, -0.15) is 5.10 Å². The van der Waals surface area contributed by atoms with Gasteiger partial charge in [0.25, 0.3) is 0 Å². The Morgan fingerprint density at radius 3 is 2.86 bits per heavy atom. The van der Waals surface area contributed by atoms with Crippen molar-refractivity contribution >= 4 is 11.7 Å². The van der Waals surface area contributed by atoms with Gasteiger partial charge in [-0.25, -0.2) is 4.79 Å². The van der Waals surface area contributed by atoms with E-state index >= 15 is 0 Å². The Morgan fingerprint density at radius 1 is 1.79 bits per heavy atom. The van der Waals surface area contributed by atoms with E-state index in [0.717, 1.165) is 0 Å². The maximum atomic E-state index is 10.5. The van der Waals surface area contributed by atoms with E-state index in [2.05, 4.69) is 10.4 Å². The Balaban J connectivity index is 2.52. The molecule has 0 saturated carbocycles. The predicted molar refractivity (Wildman–Crippen MR) is 50.0 cm³/mol. The van der Waals surface area contributed by atoms with Crippen molar-refractivity contribution in [3.05, 3.63) is 12.4 Å². The summed E-state index contributed by atoms with van der Waals surface area (Å²) in [6.45, 7) is 1.17. The van der Waals surface area contributed by atoms with Gasteiger partial charge in [0.1, 0.15) is 0 Å². The summed E-state index contributed by atoms with van der Waals surface area (Å²) in [6.07, 6.45) is 3.25. The molecule has 1 atom stereocenters. The van der Waals surface area contributed by atoms with Gasteiger partial charge in [-0.1, -0.05) is 0 Å². The number of anilines is 1. The zero-order valence-electron chi connectivity index (χ0n) is 8.06. The van der Waals surface area contributed by atoms with Crippen molar-refractivity contribution in [3.8, 4) is 0 Å². The van der Waals surface area contributed by atoms with Crippen LogP contribution in [0.2, 0.25) is 0 Å². The fourth-order valence-corrected chi connectivity index (χ4v) is 0.862. The van der Waals surface area contributed by atoms with Gasteiger partial charge in [0.15, 0.2) is 5.60 Å². The van der Waals surface area contributed by atoms with Crippen LogP contribution in [-0.4, -0.2) is 38.1 Å². The number of carbonyl (C=O) groups is 1. The minimum absolute atomic E-state index is 0.0615. The second-order valence-electron chi connectivity index (χ2n) is 3.34. The van der Waals surface area contributed by atoms with Crippen LogP contribution in [0.5, 0.6) is 0 Å². The van der Waals surface area contributed by atoms with Gasteiger partial charge < -0.3 is 15.5 Å². The topological polar surface area (TPSA) is 87.4 Å². The van der Waals surface area contributed by atoms with Crippen LogP contribution in [-0.2, 0) is 11.8 Å². The van der Waals surface area contributed by atoms with Crippen molar-refractivity contribution in [3.63, 3.8) is 0 Å². The molecule has 6 nitrogen and oxygen atoms in total. The fourth-order valence-electron chi connectivity index (χ4n) is 0.862. The molecule has 1 heterocycles. The zero-order valence-corrected chi connectivity index (χ0v) is 8.06. The van der Waals surface area contributed by atoms with Crippen molar-refractivity contribution < 1.29 is 15.0 Å². The molecule has 0 aliphatic heterocycles. The highest BCUT2D eigenvalue weighted by Crippen LogP contribution is 2.08. The van der Waals surface area contributed by atoms with Gasteiger partial charge in [-0.3, -0.25) is 4.68 Å². The second kappa shape index (κ2) is 3.67. The van der Waals surface area contributed by atoms with Crippen molar-refractivity contribution in [2.45, 2.75) is 12.5 Å². The summed E-state index contributed by atoms with van der Waals surface area (Å²) in [5.74, 6) is -1.26. The van der Waals surface area contributed by atoms with Crippen LogP contribution in [0, 0.1) is 0 Å². The van der Waals surface area contributed by atoms with Crippen LogP contribution < -0.4 is 5.32 Å². The molecule has 0 bridgehead atoms. The zero-order chi connectivity index (χ0) is 10.8. The van der Waals surface area contributed by atoms with Crippen LogP contribution in [0.1, 0.15) is 6.92 Å². The third kappa shape index (κ3) is 2.46. The summed E-state index contributed by atoms with van der Waals surface area (Å²) >= 11 is 0. The average Bonchev–Trinajstić information content (AvgIpc) is 2.48. The first kappa shape index (κ1) is 10.5. The molecule has 0 saturated heterocycles. The van der Waals surface area contributed by atoms with Crippen molar-refractivity contribution in [2.24, 2.45) is 7.05 Å². The van der Waals surface area contributed by atoms with E-state index < -0.39 is 11.6 Å². The molecule has 0 fully saturated rings. The lowest BCUT2D eigenvalue weighted by Gasteiger charge is -2.18. The Bertz CT molecular complexity index is 332. The molecule has 0 spiro atoms. The number of rotatable bonds is 4. The fraction of sp³-hybridized carbons (Fsp3) is 0.500. The van der Waals surface area contributed by atoms with E-state index in [9.17, 15) is 9.90 Å². The van der Waals surface area contributed by atoms with Crippen LogP contribution in [0.4, 0.5) is 5.69 Å². The van der Waals surface area contributed by atoms with Crippen LogP contribution >= 0.6 is 0 Å². The summed E-state index contributed by atoms with van der Waals surface area (Å²) in [6, 6.07) is 0. The van der Waals surface area contributed by atoms with E-state index in [1.54, 1.807) is 24.1 Å². The molecule has 1 aromatic rings. The van der Waals surface area contributed by atoms with Crippen molar-refractivity contribution in [1.82, 2.24) is 9.78 Å². The van der Waals surface area contributed by atoms with Crippen LogP contribution in [0.25, 0.3) is 0 Å². The SMILES string of the molecule is Cn1cc(NCC(C)(O)C(=O)O)cn1. The molecular formula is C8H13N3O3. The number of nitrogens with one attached hydrogen (secondary N) is 1. The number of hydrogen-bond acceptors (Lipinski definition) is 4. The Labute approximate surface area is 81.2 Å². The largest absolute Gasteiger partial charge is 0.479 e. The smallest absolute Gasteiger partial charge is 0.337 e. The lowest BCUT2D eigenvalue weighted by Crippen LogP contribution is -2.41. The van der Waals surface area contributed by atoms with Gasteiger partial charge >= 0.3 is 5.97 Å². The maximum absolute atomic E-state index is 10.5. The lowest BCUT2D eigenvalue weighted by molar-refractivity contribution is -0.155. The quantitative estimate of drug-likeness (QED) is 0.618. The number of hydrogen-bond donors (Lipinski definition) is 3. The number of aliphatic hydroxyl groups is 1. The Kier molecular flexibility index (Phi) is 2.76. The molecular weight excluding hydrogens is 186 g/mol. The molecule has 0 aromatic carbocycles. The molecule has 0 aliphatic carbocycles. The first-order chi connectivity index (χ1) is 6.42. The molecule has 1 unspecified atom stereocenters. The van der Waals surface area contributed by atoms with E-state index in [4.69, 9.17) is 5.11 Å². The normalized spacial score (nSPS) is 14.8. The molecule has 1 aromatic heterocycles. The molecule has 3 N–H and O–H groups in total. The number of carboxylic acids is 1. The highest BCUT2D eigenvalue weighted by atomic mass is 16.4. The standard InChI is InChI=1S/C8H13N3O3/c1-8(14,7(12)13)5-9-6-3-10-11(2)4-6/h3-4,9,14H,5H2,1-2H3,(H,12,13). The second-order valence-corrected chi connectivity index (χ2v) is 3.34. The van der Waals surface area contributed by atoms with Crippen molar-refractivity contribution in [2.75, 3.05) is 11.9 Å². The lowest BCUT2D eigenvalue weighted by atomic mass is 10.1. The Hall–Kier alpha value is -1.56. The van der Waals surface area contributed by atoms with Crippen molar-refractivity contribution in [1.29, 1.82) is 0 Å². The Morgan fingerprint density at radius 2 is 2.43 bits per heavy atom. The van der Waals surface area contributed by atoms with E-state index in [0.29, 0.717) is 5.69 Å². The van der Waals surface area contributed by atoms with Gasteiger partial charge in [0, 0.05) is 13.2 Å². The van der Waals surface area contributed by atoms with Crippen LogP contribution in [0.3, 0.4) is 0 Å². The monoisotopic (exact) mass is 199 g/mol. The molecule has 1 rings (SSSR count). The maximum Gasteiger partial charge on any atom is 0.337 e. The van der Waals surface area contributed by atoms with E-state index in [1.807, 2.05) is 0 Å². The minimum Gasteiger partial charge on any atom is -0.479 e. The van der Waals surface area contributed by atoms with Gasteiger partial charge in [0.2, 0.25) is 0 Å². The molecule has 0 amide bonds. The number of nitrogens with zero attached hydrogens (tertiary/aromatic N) is 2. The first-order valence-electron chi connectivity index (χ1n) is 4.10. The van der Waals surface area contributed by atoms with E-state index in [-0.39, 0.29) is 6.54 Å². The van der Waals surface area contributed by atoms with Gasteiger partial charge in [-0.05, 0) is 6.92 Å². The summed E-state index contributed by atoms with van der Waals surface area (Å²) < 4.78 is 1.58. The highest BCUT2D eigenvalue weighted by molar-refractivity contribution is 5.77. The third-order valence-electron chi connectivity index (χ3n) is 1.80. The summed E-state index contributed by atoms with van der Waals surface area (Å²) in [5, 5.41) is 24.6. The molecule has 14 heavy (non-hydrogen) atoms. The average molecular weight is 199 g/mol. The highest BCUT2D eigenvalue weighted by Gasteiger charge is 2.29. The minimum atomic E-state index is -1.77. The first-order valence-corrected chi connectivity index (χ1v) is 4.10. The number of aliphatic carboxylic acids is 1. The summed E-state index contributed by atoms with van der Waals surface area (Å²) in [5.41, 5.74) is -1.09. The summed E-state index contributed by atoms with van der Waals surface area (Å²) in [4.78, 5) is 10.5. The molecule has 0 radical (unpaired) electrons. The number of aromatic nitrogens is 2. The number of aryl methyl sites for hydroxylation is 1. The molecule has 6 heteroatoms. The third-order valence-corrected chi connectivity index (χ3v) is 1.80. The van der Waals surface area contributed by atoms with Crippen LogP contribution in [0.15, 0.2) is 12.4 Å². The van der Waals surface area contributed by atoms with E-state index in [1.165, 1.54) is 6.92 Å². The number of carboxylic acid groups (broad SMARTS) is 1. The molecule has 78 valence electrons. The predicted octanol–water partition coefficient (Wildman–Crippen LogP) is -0.332. The summed E-state index contributed by atoms with van der Waals surface area (Å²) in [7, 11) is 1.75. The molecule has 0 aliphatic rings. The van der Waals surface area contributed by atoms with Gasteiger partial charge in [-0.15, -0.1) is 0 Å².